The lowest BCUT2D eigenvalue weighted by Crippen LogP contribution is -2.33. The van der Waals surface area contributed by atoms with Crippen LogP contribution in [0.5, 0.6) is 0 Å². The van der Waals surface area contributed by atoms with Gasteiger partial charge in [0, 0.05) is 51.4 Å². The van der Waals surface area contributed by atoms with Crippen molar-refractivity contribution in [3.8, 4) is 0 Å². The van der Waals surface area contributed by atoms with Gasteiger partial charge in [0.15, 0.2) is 0 Å². The number of carbonyl (C=O) groups excluding carboxylic acids is 1. The first-order chi connectivity index (χ1) is 12.7. The van der Waals surface area contributed by atoms with E-state index in [9.17, 15) is 4.79 Å². The van der Waals surface area contributed by atoms with Gasteiger partial charge in [-0.3, -0.25) is 9.48 Å². The highest BCUT2D eigenvalue weighted by molar-refractivity contribution is 5.92. The number of fused-ring (bicyclic) bond motifs is 1. The average molecular weight is 354 g/mol. The Balaban J connectivity index is 1.54. The molecule has 0 atom stereocenters. The third-order valence-electron chi connectivity index (χ3n) is 5.39. The third kappa shape index (κ3) is 3.43. The van der Waals surface area contributed by atoms with E-state index >= 15 is 0 Å². The van der Waals surface area contributed by atoms with Crippen molar-refractivity contribution in [2.45, 2.75) is 38.5 Å². The van der Waals surface area contributed by atoms with Gasteiger partial charge in [-0.1, -0.05) is 12.8 Å². The van der Waals surface area contributed by atoms with Gasteiger partial charge in [-0.2, -0.15) is 5.10 Å². The molecule has 7 heteroatoms. The number of hydrogen-bond donors (Lipinski definition) is 0. The van der Waals surface area contributed by atoms with E-state index in [4.69, 9.17) is 0 Å². The van der Waals surface area contributed by atoms with Gasteiger partial charge in [0.05, 0.1) is 5.69 Å². The van der Waals surface area contributed by atoms with Crippen LogP contribution >= 0.6 is 0 Å². The number of anilines is 1. The molecule has 2 aliphatic heterocycles. The quantitative estimate of drug-likeness (QED) is 0.823. The van der Waals surface area contributed by atoms with Crippen molar-refractivity contribution in [3.05, 3.63) is 35.5 Å². The Hall–Kier alpha value is -2.44. The van der Waals surface area contributed by atoms with Gasteiger partial charge in [-0.05, 0) is 25.3 Å². The zero-order valence-electron chi connectivity index (χ0n) is 15.4. The molecule has 2 aromatic heterocycles. The summed E-state index contributed by atoms with van der Waals surface area (Å²) in [7, 11) is 1.83. The fourth-order valence-electron chi connectivity index (χ4n) is 3.96. The maximum Gasteiger partial charge on any atom is 0.274 e. The second-order valence-electron chi connectivity index (χ2n) is 7.19. The van der Waals surface area contributed by atoms with Gasteiger partial charge in [0.1, 0.15) is 17.8 Å². The van der Waals surface area contributed by atoms with Crippen LogP contribution in [-0.2, 0) is 19.9 Å². The van der Waals surface area contributed by atoms with E-state index in [0.717, 1.165) is 37.4 Å². The van der Waals surface area contributed by atoms with Crippen LogP contribution < -0.4 is 4.90 Å². The molecule has 0 bridgehead atoms. The van der Waals surface area contributed by atoms with Gasteiger partial charge in [-0.15, -0.1) is 0 Å². The smallest absolute Gasteiger partial charge is 0.274 e. The summed E-state index contributed by atoms with van der Waals surface area (Å²) in [5, 5.41) is 4.26. The highest BCUT2D eigenvalue weighted by atomic mass is 16.2. The second-order valence-corrected chi connectivity index (χ2v) is 7.19. The number of hydrogen-bond acceptors (Lipinski definition) is 5. The Morgan fingerprint density at radius 2 is 1.77 bits per heavy atom. The fourth-order valence-corrected chi connectivity index (χ4v) is 3.96. The largest absolute Gasteiger partial charge is 0.356 e. The van der Waals surface area contributed by atoms with Crippen molar-refractivity contribution in [1.29, 1.82) is 0 Å². The van der Waals surface area contributed by atoms with E-state index in [0.29, 0.717) is 18.8 Å². The standard InChI is InChI=1S/C19H26N6O/c1-23-11-7-17(22-23)19(26)25-12-6-15-16(8-13-25)20-14-21-18(15)24-9-4-2-3-5-10-24/h7,11,14H,2-6,8-10,12-13H2,1H3. The number of aryl methyl sites for hydroxylation is 1. The van der Waals surface area contributed by atoms with E-state index < -0.39 is 0 Å². The molecule has 4 heterocycles. The van der Waals surface area contributed by atoms with Crippen LogP contribution in [0.4, 0.5) is 5.82 Å². The van der Waals surface area contributed by atoms with E-state index in [-0.39, 0.29) is 5.91 Å². The number of carbonyl (C=O) groups is 1. The molecule has 138 valence electrons. The third-order valence-corrected chi connectivity index (χ3v) is 5.39. The molecular weight excluding hydrogens is 328 g/mol. The van der Waals surface area contributed by atoms with Gasteiger partial charge in [-0.25, -0.2) is 9.97 Å². The molecule has 0 radical (unpaired) electrons. The summed E-state index contributed by atoms with van der Waals surface area (Å²) in [4.78, 5) is 26.2. The van der Waals surface area contributed by atoms with E-state index in [1.807, 2.05) is 18.1 Å². The molecule has 26 heavy (non-hydrogen) atoms. The summed E-state index contributed by atoms with van der Waals surface area (Å²) in [6.45, 7) is 3.51. The monoisotopic (exact) mass is 354 g/mol. The predicted molar refractivity (Wildman–Crippen MR) is 99.2 cm³/mol. The number of nitrogens with zero attached hydrogens (tertiary/aromatic N) is 6. The SMILES string of the molecule is Cn1ccc(C(=O)N2CCc3ncnc(N4CCCCCC4)c3CC2)n1. The molecule has 0 aliphatic carbocycles. The molecule has 1 amide bonds. The van der Waals surface area contributed by atoms with Crippen LogP contribution in [0.15, 0.2) is 18.6 Å². The number of aromatic nitrogens is 4. The average Bonchev–Trinajstić information content (AvgIpc) is 2.86. The second kappa shape index (κ2) is 7.43. The Labute approximate surface area is 154 Å². The van der Waals surface area contributed by atoms with Crippen molar-refractivity contribution in [2.75, 3.05) is 31.1 Å². The zero-order valence-corrected chi connectivity index (χ0v) is 15.4. The molecule has 2 aromatic rings. The molecule has 7 nitrogen and oxygen atoms in total. The van der Waals surface area contributed by atoms with Gasteiger partial charge >= 0.3 is 0 Å². The van der Waals surface area contributed by atoms with E-state index in [1.165, 1.54) is 31.2 Å². The summed E-state index contributed by atoms with van der Waals surface area (Å²) in [6, 6.07) is 1.78. The molecule has 1 fully saturated rings. The van der Waals surface area contributed by atoms with Crippen LogP contribution in [0.3, 0.4) is 0 Å². The van der Waals surface area contributed by atoms with Crippen molar-refractivity contribution >= 4 is 11.7 Å². The number of rotatable bonds is 2. The maximum atomic E-state index is 12.8. The van der Waals surface area contributed by atoms with Gasteiger partial charge < -0.3 is 9.80 Å². The van der Waals surface area contributed by atoms with Gasteiger partial charge in [0.25, 0.3) is 5.91 Å². The van der Waals surface area contributed by atoms with Crippen LogP contribution in [0.1, 0.15) is 47.4 Å². The van der Waals surface area contributed by atoms with Crippen molar-refractivity contribution in [3.63, 3.8) is 0 Å². The summed E-state index contributed by atoms with van der Waals surface area (Å²) < 4.78 is 1.67. The van der Waals surface area contributed by atoms with Crippen molar-refractivity contribution < 1.29 is 4.79 Å². The van der Waals surface area contributed by atoms with Crippen molar-refractivity contribution in [2.24, 2.45) is 7.05 Å². The maximum absolute atomic E-state index is 12.8. The summed E-state index contributed by atoms with van der Waals surface area (Å²) >= 11 is 0. The van der Waals surface area contributed by atoms with Gasteiger partial charge in [0.2, 0.25) is 0 Å². The normalized spacial score (nSPS) is 18.2. The molecule has 0 saturated carbocycles. The Kier molecular flexibility index (Phi) is 4.86. The lowest BCUT2D eigenvalue weighted by molar-refractivity contribution is 0.0756. The Morgan fingerprint density at radius 3 is 2.50 bits per heavy atom. The minimum absolute atomic E-state index is 0.00249. The fraction of sp³-hybridized carbons (Fsp3) is 0.579. The Bertz CT molecular complexity index is 778. The summed E-state index contributed by atoms with van der Waals surface area (Å²) in [6.07, 6.45) is 10.1. The minimum Gasteiger partial charge on any atom is -0.356 e. The van der Waals surface area contributed by atoms with E-state index in [2.05, 4.69) is 20.0 Å². The summed E-state index contributed by atoms with van der Waals surface area (Å²) in [5.74, 6) is 1.09. The van der Waals surface area contributed by atoms with Crippen molar-refractivity contribution in [1.82, 2.24) is 24.6 Å². The molecule has 0 N–H and O–H groups in total. The topological polar surface area (TPSA) is 67.2 Å². The molecule has 2 aliphatic rings. The molecule has 4 rings (SSSR count). The van der Waals surface area contributed by atoms with E-state index in [1.54, 1.807) is 17.1 Å². The van der Waals surface area contributed by atoms with Crippen LogP contribution in [-0.4, -0.2) is 56.7 Å². The first-order valence-corrected chi connectivity index (χ1v) is 9.59. The molecule has 1 saturated heterocycles. The molecular formula is C19H26N6O. The predicted octanol–water partition coefficient (Wildman–Crippen LogP) is 1.83. The Morgan fingerprint density at radius 1 is 1.00 bits per heavy atom. The number of amides is 1. The summed E-state index contributed by atoms with van der Waals surface area (Å²) in [5.41, 5.74) is 2.83. The highest BCUT2D eigenvalue weighted by Crippen LogP contribution is 2.26. The van der Waals surface area contributed by atoms with Crippen LogP contribution in [0.2, 0.25) is 0 Å². The lowest BCUT2D eigenvalue weighted by Gasteiger charge is -2.24. The van der Waals surface area contributed by atoms with Crippen LogP contribution in [0, 0.1) is 0 Å². The molecule has 0 unspecified atom stereocenters. The minimum atomic E-state index is 0.00249. The van der Waals surface area contributed by atoms with Crippen LogP contribution in [0.25, 0.3) is 0 Å². The first-order valence-electron chi connectivity index (χ1n) is 9.59. The molecule has 0 aromatic carbocycles. The highest BCUT2D eigenvalue weighted by Gasteiger charge is 2.25. The lowest BCUT2D eigenvalue weighted by atomic mass is 10.1. The first kappa shape index (κ1) is 17.0. The molecule has 0 spiro atoms. The zero-order chi connectivity index (χ0) is 17.9.